The van der Waals surface area contributed by atoms with Gasteiger partial charge in [0, 0.05) is 29.8 Å². The molecule has 1 fully saturated rings. The Morgan fingerprint density at radius 3 is 2.63 bits per heavy atom. The van der Waals surface area contributed by atoms with Crippen molar-refractivity contribution in [3.8, 4) is 0 Å². The Kier molecular flexibility index (Phi) is 4.58. The van der Waals surface area contributed by atoms with E-state index in [0.29, 0.717) is 18.1 Å². The molecule has 2 nitrogen and oxygen atoms in total. The molecule has 1 aliphatic rings. The monoisotopic (exact) mass is 292 g/mol. The highest BCUT2D eigenvalue weighted by atomic mass is 35.5. The number of benzene rings is 1. The van der Waals surface area contributed by atoms with Crippen LogP contribution >= 0.6 is 11.6 Å². The predicted octanol–water partition coefficient (Wildman–Crippen LogP) is 3.78. The summed E-state index contributed by atoms with van der Waals surface area (Å²) in [6, 6.07) is 7.26. The Morgan fingerprint density at radius 2 is 2.05 bits per heavy atom. The number of rotatable bonds is 6. The van der Waals surface area contributed by atoms with Crippen LogP contribution in [0.25, 0.3) is 0 Å². The first-order valence-corrected chi connectivity index (χ1v) is 6.62. The van der Waals surface area contributed by atoms with Gasteiger partial charge >= 0.3 is 6.18 Å². The highest BCUT2D eigenvalue weighted by molar-refractivity contribution is 6.30. The van der Waals surface area contributed by atoms with Gasteiger partial charge in [0.2, 0.25) is 0 Å². The van der Waals surface area contributed by atoms with Crippen molar-refractivity contribution in [1.29, 1.82) is 0 Å². The van der Waals surface area contributed by atoms with Crippen LogP contribution in [0, 0.1) is 0 Å². The van der Waals surface area contributed by atoms with E-state index < -0.39 is 12.7 Å². The number of hydrogen-bond acceptors (Lipinski definition) is 2. The van der Waals surface area contributed by atoms with Crippen LogP contribution in [0.15, 0.2) is 24.3 Å². The molecule has 1 aliphatic carbocycles. The van der Waals surface area contributed by atoms with Crippen LogP contribution in [0.4, 0.5) is 18.9 Å². The molecule has 0 heterocycles. The van der Waals surface area contributed by atoms with Crippen molar-refractivity contribution in [3.05, 3.63) is 29.3 Å². The van der Waals surface area contributed by atoms with E-state index in [0.717, 1.165) is 18.5 Å². The zero-order chi connectivity index (χ0) is 13.9. The lowest BCUT2D eigenvalue weighted by Gasteiger charge is -2.23. The van der Waals surface area contributed by atoms with Crippen LogP contribution in [-0.4, -0.2) is 36.8 Å². The topological polar surface area (TPSA) is 15.3 Å². The third-order valence-corrected chi connectivity index (χ3v) is 3.23. The summed E-state index contributed by atoms with van der Waals surface area (Å²) in [5.41, 5.74) is 0.829. The summed E-state index contributed by atoms with van der Waals surface area (Å²) < 4.78 is 37.3. The van der Waals surface area contributed by atoms with Gasteiger partial charge in [-0.15, -0.1) is 0 Å². The largest absolute Gasteiger partial charge is 0.401 e. The molecule has 19 heavy (non-hydrogen) atoms. The quantitative estimate of drug-likeness (QED) is 0.858. The molecular weight excluding hydrogens is 277 g/mol. The molecule has 0 radical (unpaired) electrons. The zero-order valence-corrected chi connectivity index (χ0v) is 11.1. The molecular formula is C13H16ClF3N2. The van der Waals surface area contributed by atoms with Crippen molar-refractivity contribution >= 4 is 17.3 Å². The summed E-state index contributed by atoms with van der Waals surface area (Å²) in [7, 11) is 0. The van der Waals surface area contributed by atoms with Crippen LogP contribution in [0.3, 0.4) is 0 Å². The van der Waals surface area contributed by atoms with Gasteiger partial charge in [0.15, 0.2) is 0 Å². The highest BCUT2D eigenvalue weighted by Crippen LogP contribution is 2.29. The summed E-state index contributed by atoms with van der Waals surface area (Å²) in [4.78, 5) is 1.50. The minimum absolute atomic E-state index is 0.0998. The summed E-state index contributed by atoms with van der Waals surface area (Å²) in [5, 5.41) is 3.70. The Balaban J connectivity index is 1.79. The molecule has 1 aromatic rings. The summed E-state index contributed by atoms with van der Waals surface area (Å²) in [5.74, 6) is 0. The van der Waals surface area contributed by atoms with E-state index in [1.807, 2.05) is 6.07 Å². The molecule has 0 unspecified atom stereocenters. The number of nitrogens with zero attached hydrogens (tertiary/aromatic N) is 1. The summed E-state index contributed by atoms with van der Waals surface area (Å²) in [6.07, 6.45) is -2.39. The molecule has 0 bridgehead atoms. The Bertz CT molecular complexity index is 419. The number of anilines is 1. The lowest BCUT2D eigenvalue weighted by molar-refractivity contribution is -0.146. The molecule has 1 aromatic carbocycles. The highest BCUT2D eigenvalue weighted by Gasteiger charge is 2.37. The Labute approximate surface area is 115 Å². The van der Waals surface area contributed by atoms with Gasteiger partial charge in [0.05, 0.1) is 6.54 Å². The van der Waals surface area contributed by atoms with Gasteiger partial charge < -0.3 is 5.32 Å². The smallest absolute Gasteiger partial charge is 0.384 e. The standard InChI is InChI=1S/C13H16ClF3N2/c14-10-2-1-3-11(8-10)18-6-7-19(12-4-5-12)9-13(15,16)17/h1-3,8,12,18H,4-7,9H2. The second-order valence-corrected chi connectivity index (χ2v) is 5.19. The number of nitrogens with one attached hydrogen (secondary N) is 1. The zero-order valence-electron chi connectivity index (χ0n) is 10.4. The molecule has 0 spiro atoms. The SMILES string of the molecule is FC(F)(F)CN(CCNc1cccc(Cl)c1)C1CC1. The van der Waals surface area contributed by atoms with E-state index in [-0.39, 0.29) is 6.04 Å². The lowest BCUT2D eigenvalue weighted by atomic mass is 10.3. The molecule has 106 valence electrons. The minimum Gasteiger partial charge on any atom is -0.384 e. The summed E-state index contributed by atoms with van der Waals surface area (Å²) in [6.45, 7) is 0.0402. The van der Waals surface area contributed by atoms with E-state index in [1.54, 1.807) is 18.2 Å². The molecule has 6 heteroatoms. The molecule has 0 saturated heterocycles. The van der Waals surface area contributed by atoms with Crippen molar-refractivity contribution < 1.29 is 13.2 Å². The van der Waals surface area contributed by atoms with Gasteiger partial charge in [-0.1, -0.05) is 17.7 Å². The minimum atomic E-state index is -4.13. The first kappa shape index (κ1) is 14.5. The first-order valence-electron chi connectivity index (χ1n) is 6.24. The Morgan fingerprint density at radius 1 is 1.32 bits per heavy atom. The van der Waals surface area contributed by atoms with Crippen molar-refractivity contribution in [2.45, 2.75) is 25.1 Å². The molecule has 0 aliphatic heterocycles. The van der Waals surface area contributed by atoms with Gasteiger partial charge in [-0.2, -0.15) is 13.2 Å². The van der Waals surface area contributed by atoms with Gasteiger partial charge in [0.25, 0.3) is 0 Å². The van der Waals surface area contributed by atoms with E-state index in [9.17, 15) is 13.2 Å². The average molecular weight is 293 g/mol. The van der Waals surface area contributed by atoms with Crippen molar-refractivity contribution in [2.24, 2.45) is 0 Å². The number of halogens is 4. The van der Waals surface area contributed by atoms with E-state index >= 15 is 0 Å². The fourth-order valence-electron chi connectivity index (χ4n) is 2.00. The van der Waals surface area contributed by atoms with Crippen LogP contribution in [0.5, 0.6) is 0 Å². The maximum absolute atomic E-state index is 12.4. The average Bonchev–Trinajstić information content (AvgIpc) is 3.10. The van der Waals surface area contributed by atoms with Crippen LogP contribution < -0.4 is 5.32 Å². The van der Waals surface area contributed by atoms with Crippen molar-refractivity contribution in [1.82, 2.24) is 4.90 Å². The molecule has 1 saturated carbocycles. The predicted molar refractivity (Wildman–Crippen MR) is 70.6 cm³/mol. The van der Waals surface area contributed by atoms with E-state index in [1.165, 1.54) is 4.90 Å². The summed E-state index contributed by atoms with van der Waals surface area (Å²) >= 11 is 5.83. The van der Waals surface area contributed by atoms with E-state index in [4.69, 9.17) is 11.6 Å². The first-order chi connectivity index (χ1) is 8.94. The van der Waals surface area contributed by atoms with Crippen molar-refractivity contribution in [3.63, 3.8) is 0 Å². The van der Waals surface area contributed by atoms with Crippen molar-refractivity contribution in [2.75, 3.05) is 25.0 Å². The number of alkyl halides is 3. The van der Waals surface area contributed by atoms with Gasteiger partial charge in [-0.05, 0) is 31.0 Å². The molecule has 0 amide bonds. The second-order valence-electron chi connectivity index (χ2n) is 4.75. The lowest BCUT2D eigenvalue weighted by Crippen LogP contribution is -2.38. The molecule has 0 atom stereocenters. The van der Waals surface area contributed by atoms with Crippen LogP contribution in [-0.2, 0) is 0 Å². The fourth-order valence-corrected chi connectivity index (χ4v) is 2.19. The van der Waals surface area contributed by atoms with Gasteiger partial charge in [0.1, 0.15) is 0 Å². The Hall–Kier alpha value is -0.940. The molecule has 1 N–H and O–H groups in total. The third-order valence-electron chi connectivity index (χ3n) is 3.00. The van der Waals surface area contributed by atoms with Crippen LogP contribution in [0.1, 0.15) is 12.8 Å². The van der Waals surface area contributed by atoms with Gasteiger partial charge in [-0.25, -0.2) is 0 Å². The second kappa shape index (κ2) is 6.01. The van der Waals surface area contributed by atoms with E-state index in [2.05, 4.69) is 5.32 Å². The fraction of sp³-hybridized carbons (Fsp3) is 0.538. The maximum Gasteiger partial charge on any atom is 0.401 e. The van der Waals surface area contributed by atoms with Crippen LogP contribution in [0.2, 0.25) is 5.02 Å². The number of hydrogen-bond donors (Lipinski definition) is 1. The molecule has 2 rings (SSSR count). The normalized spacial score (nSPS) is 15.8. The maximum atomic E-state index is 12.4. The van der Waals surface area contributed by atoms with Gasteiger partial charge in [-0.3, -0.25) is 4.90 Å². The molecule has 0 aromatic heterocycles. The third kappa shape index (κ3) is 5.28.